The molecule has 1 atom stereocenters. The predicted octanol–water partition coefficient (Wildman–Crippen LogP) is 3.19. The van der Waals surface area contributed by atoms with E-state index in [0.717, 1.165) is 28.2 Å². The van der Waals surface area contributed by atoms with E-state index in [-0.39, 0.29) is 11.7 Å². The Balaban J connectivity index is 1.55. The Hall–Kier alpha value is -3.45. The Morgan fingerprint density at radius 2 is 1.97 bits per heavy atom. The minimum absolute atomic E-state index is 0.137. The van der Waals surface area contributed by atoms with Gasteiger partial charge in [0.2, 0.25) is 4.96 Å². The van der Waals surface area contributed by atoms with Gasteiger partial charge in [0.1, 0.15) is 17.6 Å². The molecule has 0 fully saturated rings. The van der Waals surface area contributed by atoms with Crippen LogP contribution in [0.4, 0.5) is 0 Å². The topological polar surface area (TPSA) is 65.7 Å². The zero-order chi connectivity index (χ0) is 20.0. The zero-order valence-corrected chi connectivity index (χ0v) is 16.6. The largest absolute Gasteiger partial charge is 0.497 e. The van der Waals surface area contributed by atoms with Crippen molar-refractivity contribution in [3.63, 3.8) is 0 Å². The average Bonchev–Trinajstić information content (AvgIpc) is 3.28. The molecule has 0 saturated carbocycles. The molecule has 0 amide bonds. The Morgan fingerprint density at radius 1 is 1.17 bits per heavy atom. The average molecular weight is 403 g/mol. The number of fused-ring (bicyclic) bond motifs is 2. The molecule has 5 rings (SSSR count). The van der Waals surface area contributed by atoms with Crippen LogP contribution in [0.15, 0.2) is 58.9 Å². The summed E-state index contributed by atoms with van der Waals surface area (Å²) in [6.45, 7) is 1.97. The lowest BCUT2D eigenvalue weighted by Crippen LogP contribution is -2.26. The number of thiazole rings is 1. The molecule has 0 saturated heterocycles. The van der Waals surface area contributed by atoms with E-state index in [1.807, 2.05) is 61.5 Å². The third-order valence-corrected chi connectivity index (χ3v) is 5.80. The fourth-order valence-electron chi connectivity index (χ4n) is 3.27. The van der Waals surface area contributed by atoms with Crippen molar-refractivity contribution in [3.8, 4) is 22.9 Å². The molecule has 0 unspecified atom stereocenters. The molecule has 1 aliphatic rings. The fourth-order valence-corrected chi connectivity index (χ4v) is 4.18. The van der Waals surface area contributed by atoms with Gasteiger partial charge < -0.3 is 9.47 Å². The van der Waals surface area contributed by atoms with Gasteiger partial charge >= 0.3 is 0 Å². The smallest absolute Gasteiger partial charge is 0.291 e. The highest BCUT2D eigenvalue weighted by Crippen LogP contribution is 2.29. The van der Waals surface area contributed by atoms with Crippen LogP contribution in [0.25, 0.3) is 28.5 Å². The SMILES string of the molecule is COc1ccc(-c2nc3s/c(=C/C4=Cc5ccccc5O[C@@H]4C)c(=O)n3n2)cc1. The van der Waals surface area contributed by atoms with Crippen LogP contribution in [-0.4, -0.2) is 27.8 Å². The molecule has 6 nitrogen and oxygen atoms in total. The molecular weight excluding hydrogens is 386 g/mol. The summed E-state index contributed by atoms with van der Waals surface area (Å²) in [5.41, 5.74) is 2.61. The number of methoxy groups -OCH3 is 1. The maximum atomic E-state index is 12.9. The Kier molecular flexibility index (Phi) is 4.17. The van der Waals surface area contributed by atoms with E-state index in [2.05, 4.69) is 16.2 Å². The summed E-state index contributed by atoms with van der Waals surface area (Å²) in [6.07, 6.45) is 3.79. The van der Waals surface area contributed by atoms with E-state index in [0.29, 0.717) is 15.3 Å². The van der Waals surface area contributed by atoms with Gasteiger partial charge in [-0.3, -0.25) is 4.79 Å². The number of hydrogen-bond donors (Lipinski definition) is 0. The van der Waals surface area contributed by atoms with Gasteiger partial charge in [0.05, 0.1) is 11.6 Å². The van der Waals surface area contributed by atoms with Gasteiger partial charge in [0.25, 0.3) is 5.56 Å². The molecular formula is C22H17N3O3S. The van der Waals surface area contributed by atoms with Crippen molar-refractivity contribution >= 4 is 28.4 Å². The normalized spacial score (nSPS) is 16.4. The number of rotatable bonds is 3. The standard InChI is InChI=1S/C22H17N3O3S/c1-13-16(11-15-5-3-4-6-18(15)28-13)12-19-21(26)25-22(29-19)23-20(24-25)14-7-9-17(27-2)10-8-14/h3-13H,1-2H3/b19-12+/t13-/m1/s1. The quantitative estimate of drug-likeness (QED) is 0.526. The van der Waals surface area contributed by atoms with Crippen LogP contribution in [0.3, 0.4) is 0 Å². The molecule has 29 heavy (non-hydrogen) atoms. The van der Waals surface area contributed by atoms with E-state index in [9.17, 15) is 4.79 Å². The highest BCUT2D eigenvalue weighted by Gasteiger charge is 2.18. The minimum Gasteiger partial charge on any atom is -0.497 e. The number of benzene rings is 2. The first kappa shape index (κ1) is 17.6. The summed E-state index contributed by atoms with van der Waals surface area (Å²) in [5, 5.41) is 4.40. The Morgan fingerprint density at radius 3 is 2.72 bits per heavy atom. The zero-order valence-electron chi connectivity index (χ0n) is 15.8. The van der Waals surface area contributed by atoms with Crippen molar-refractivity contribution in [1.82, 2.24) is 14.6 Å². The Bertz CT molecular complexity index is 1350. The molecule has 4 aromatic rings. The molecule has 2 aromatic carbocycles. The molecule has 0 bridgehead atoms. The molecule has 3 heterocycles. The van der Waals surface area contributed by atoms with E-state index in [1.54, 1.807) is 7.11 Å². The van der Waals surface area contributed by atoms with Gasteiger partial charge in [-0.1, -0.05) is 29.5 Å². The second kappa shape index (κ2) is 6.86. The first-order valence-electron chi connectivity index (χ1n) is 9.15. The third-order valence-electron chi connectivity index (χ3n) is 4.84. The highest BCUT2D eigenvalue weighted by molar-refractivity contribution is 7.15. The molecule has 2 aromatic heterocycles. The van der Waals surface area contributed by atoms with Crippen molar-refractivity contribution in [2.75, 3.05) is 7.11 Å². The summed E-state index contributed by atoms with van der Waals surface area (Å²) in [7, 11) is 1.62. The summed E-state index contributed by atoms with van der Waals surface area (Å²) < 4.78 is 13.1. The van der Waals surface area contributed by atoms with Crippen molar-refractivity contribution in [2.45, 2.75) is 13.0 Å². The lowest BCUT2D eigenvalue weighted by atomic mass is 10.0. The van der Waals surface area contributed by atoms with E-state index < -0.39 is 0 Å². The van der Waals surface area contributed by atoms with Crippen LogP contribution in [-0.2, 0) is 0 Å². The van der Waals surface area contributed by atoms with Gasteiger partial charge in [-0.15, -0.1) is 5.10 Å². The number of nitrogens with zero attached hydrogens (tertiary/aromatic N) is 3. The molecule has 144 valence electrons. The number of ether oxygens (including phenoxy) is 2. The first-order chi connectivity index (χ1) is 14.1. The summed E-state index contributed by atoms with van der Waals surface area (Å²) in [6, 6.07) is 15.3. The monoisotopic (exact) mass is 403 g/mol. The van der Waals surface area contributed by atoms with Gasteiger partial charge in [0, 0.05) is 11.1 Å². The minimum atomic E-state index is -0.177. The molecule has 0 radical (unpaired) electrons. The summed E-state index contributed by atoms with van der Waals surface area (Å²) in [5.74, 6) is 2.13. The lowest BCUT2D eigenvalue weighted by Gasteiger charge is -2.22. The highest BCUT2D eigenvalue weighted by atomic mass is 32.1. The van der Waals surface area contributed by atoms with Crippen molar-refractivity contribution < 1.29 is 9.47 Å². The van der Waals surface area contributed by atoms with E-state index in [1.165, 1.54) is 15.9 Å². The van der Waals surface area contributed by atoms with Crippen LogP contribution in [0, 0.1) is 0 Å². The summed E-state index contributed by atoms with van der Waals surface area (Å²) in [4.78, 5) is 17.9. The van der Waals surface area contributed by atoms with Crippen LogP contribution in [0.5, 0.6) is 11.5 Å². The van der Waals surface area contributed by atoms with Gasteiger partial charge in [-0.2, -0.15) is 9.50 Å². The van der Waals surface area contributed by atoms with Crippen LogP contribution >= 0.6 is 11.3 Å². The number of para-hydroxylation sites is 1. The van der Waals surface area contributed by atoms with Gasteiger partial charge in [-0.05, 0) is 55.0 Å². The first-order valence-corrected chi connectivity index (χ1v) is 9.97. The maximum Gasteiger partial charge on any atom is 0.291 e. The summed E-state index contributed by atoms with van der Waals surface area (Å²) >= 11 is 1.32. The predicted molar refractivity (Wildman–Crippen MR) is 113 cm³/mol. The molecule has 0 aliphatic carbocycles. The van der Waals surface area contributed by atoms with Gasteiger partial charge in [-0.25, -0.2) is 0 Å². The van der Waals surface area contributed by atoms with Crippen LogP contribution in [0.2, 0.25) is 0 Å². The lowest BCUT2D eigenvalue weighted by molar-refractivity contribution is 0.259. The second-order valence-corrected chi connectivity index (χ2v) is 7.73. The number of aromatic nitrogens is 3. The Labute approximate surface area is 170 Å². The molecule has 0 spiro atoms. The fraction of sp³-hybridized carbons (Fsp3) is 0.136. The second-order valence-electron chi connectivity index (χ2n) is 6.72. The van der Waals surface area contributed by atoms with E-state index in [4.69, 9.17) is 9.47 Å². The van der Waals surface area contributed by atoms with Crippen molar-refractivity contribution in [3.05, 3.63) is 74.6 Å². The van der Waals surface area contributed by atoms with Crippen LogP contribution in [0.1, 0.15) is 12.5 Å². The number of hydrogen-bond acceptors (Lipinski definition) is 6. The van der Waals surface area contributed by atoms with E-state index >= 15 is 0 Å². The molecule has 7 heteroatoms. The van der Waals surface area contributed by atoms with Crippen molar-refractivity contribution in [1.29, 1.82) is 0 Å². The maximum absolute atomic E-state index is 12.9. The molecule has 0 N–H and O–H groups in total. The molecule has 1 aliphatic heterocycles. The van der Waals surface area contributed by atoms with Crippen molar-refractivity contribution in [2.24, 2.45) is 0 Å². The van der Waals surface area contributed by atoms with Crippen LogP contribution < -0.4 is 19.6 Å². The van der Waals surface area contributed by atoms with Gasteiger partial charge in [0.15, 0.2) is 5.82 Å². The third kappa shape index (κ3) is 3.09.